The van der Waals surface area contributed by atoms with Crippen LogP contribution < -0.4 is 27.4 Å². The largest absolute Gasteiger partial charge is 0.481 e. The minimum absolute atomic E-state index is 0.0216. The van der Waals surface area contributed by atoms with Gasteiger partial charge >= 0.3 is 11.9 Å². The van der Waals surface area contributed by atoms with Crippen molar-refractivity contribution in [1.82, 2.24) is 16.0 Å². The van der Waals surface area contributed by atoms with E-state index in [0.717, 1.165) is 0 Å². The van der Waals surface area contributed by atoms with Crippen molar-refractivity contribution in [2.75, 3.05) is 17.8 Å². The number of primary amides is 1. The van der Waals surface area contributed by atoms with Crippen molar-refractivity contribution in [3.05, 3.63) is 0 Å². The second kappa shape index (κ2) is 16.1. The fraction of sp³-hybridized carbons (Fsp3) is 0.667. The van der Waals surface area contributed by atoms with Gasteiger partial charge in [0.15, 0.2) is 0 Å². The van der Waals surface area contributed by atoms with Gasteiger partial charge in [-0.05, 0) is 31.3 Å². The molecule has 13 nitrogen and oxygen atoms in total. The number of carbonyl (C=O) groups is 6. The molecule has 0 aromatic heterocycles. The second-order valence-corrected chi connectivity index (χ2v) is 8.38. The number of thiol groups is 1. The highest BCUT2D eigenvalue weighted by molar-refractivity contribution is 7.98. The van der Waals surface area contributed by atoms with Crippen molar-refractivity contribution in [3.63, 3.8) is 0 Å². The summed E-state index contributed by atoms with van der Waals surface area (Å²) in [6.45, 7) is 0. The van der Waals surface area contributed by atoms with E-state index in [9.17, 15) is 33.9 Å². The van der Waals surface area contributed by atoms with Crippen molar-refractivity contribution in [3.8, 4) is 0 Å². The summed E-state index contributed by atoms with van der Waals surface area (Å²) in [5.41, 5.74) is 10.7. The highest BCUT2D eigenvalue weighted by Gasteiger charge is 2.30. The summed E-state index contributed by atoms with van der Waals surface area (Å²) in [6.07, 6.45) is 0.566. The van der Waals surface area contributed by atoms with Crippen LogP contribution in [0.2, 0.25) is 0 Å². The molecule has 0 saturated heterocycles. The van der Waals surface area contributed by atoms with E-state index in [1.54, 1.807) is 6.26 Å². The molecule has 0 aliphatic rings. The average molecular weight is 510 g/mol. The number of hydrogen-bond donors (Lipinski definition) is 8. The van der Waals surface area contributed by atoms with Gasteiger partial charge in [-0.25, -0.2) is 4.79 Å². The number of thioether (sulfide) groups is 1. The highest BCUT2D eigenvalue weighted by atomic mass is 32.2. The first-order chi connectivity index (χ1) is 15.4. The Kier molecular flexibility index (Phi) is 14.9. The fourth-order valence-electron chi connectivity index (χ4n) is 2.49. The summed E-state index contributed by atoms with van der Waals surface area (Å²) in [4.78, 5) is 71.0. The van der Waals surface area contributed by atoms with E-state index in [1.807, 2.05) is 0 Å². The average Bonchev–Trinajstić information content (AvgIpc) is 2.74. The molecule has 0 aliphatic carbocycles. The number of carbonyl (C=O) groups excluding carboxylic acids is 4. The Labute approximate surface area is 200 Å². The molecule has 15 heteroatoms. The SMILES string of the molecule is CSCCC(NC(=O)C(CCC(=O)O)NC(=O)C(CCC(N)=O)NC(=O)C(N)CS)C(=O)O. The van der Waals surface area contributed by atoms with E-state index in [2.05, 4.69) is 28.6 Å². The highest BCUT2D eigenvalue weighted by Crippen LogP contribution is 2.06. The number of aliphatic carboxylic acids is 2. The van der Waals surface area contributed by atoms with Gasteiger partial charge in [-0.15, -0.1) is 0 Å². The van der Waals surface area contributed by atoms with Crippen molar-refractivity contribution in [2.45, 2.75) is 56.3 Å². The van der Waals surface area contributed by atoms with Crippen LogP contribution in [-0.4, -0.2) is 87.7 Å². The Hall–Kier alpha value is -2.52. The first-order valence-electron chi connectivity index (χ1n) is 9.92. The quantitative estimate of drug-likeness (QED) is 0.0974. The molecule has 0 spiro atoms. The molecular weight excluding hydrogens is 478 g/mol. The molecule has 0 saturated carbocycles. The number of amides is 4. The molecule has 4 unspecified atom stereocenters. The number of rotatable bonds is 17. The van der Waals surface area contributed by atoms with Crippen LogP contribution in [-0.2, 0) is 28.8 Å². The Morgan fingerprint density at radius 2 is 1.33 bits per heavy atom. The summed E-state index contributed by atoms with van der Waals surface area (Å²) in [5.74, 6) is -5.36. The van der Waals surface area contributed by atoms with Gasteiger partial charge in [-0.3, -0.25) is 24.0 Å². The summed E-state index contributed by atoms with van der Waals surface area (Å²) < 4.78 is 0. The van der Waals surface area contributed by atoms with E-state index in [-0.39, 0.29) is 31.4 Å². The molecule has 9 N–H and O–H groups in total. The van der Waals surface area contributed by atoms with Crippen LogP contribution in [0.15, 0.2) is 0 Å². The fourth-order valence-corrected chi connectivity index (χ4v) is 3.13. The minimum atomic E-state index is -1.41. The van der Waals surface area contributed by atoms with Crippen LogP contribution in [0.1, 0.15) is 32.1 Å². The van der Waals surface area contributed by atoms with Crippen LogP contribution in [0.4, 0.5) is 0 Å². The molecule has 0 bridgehead atoms. The molecule has 4 amide bonds. The standard InChI is InChI=1S/C18H31N5O8S2/c1-33-7-6-12(18(30)31)23-17(29)11(3-5-14(25)26)22-16(28)10(2-4-13(20)24)21-15(27)9(19)8-32/h9-12,32H,2-8,19H2,1H3,(H2,20,24)(H,21,27)(H,22,28)(H,23,29)(H,25,26)(H,30,31). The lowest BCUT2D eigenvalue weighted by molar-refractivity contribution is -0.143. The maximum Gasteiger partial charge on any atom is 0.326 e. The van der Waals surface area contributed by atoms with Crippen molar-refractivity contribution in [2.24, 2.45) is 11.5 Å². The van der Waals surface area contributed by atoms with Gasteiger partial charge < -0.3 is 37.6 Å². The van der Waals surface area contributed by atoms with Crippen LogP contribution in [0.3, 0.4) is 0 Å². The summed E-state index contributed by atoms with van der Waals surface area (Å²) in [6, 6.07) is -5.00. The third-order valence-corrected chi connectivity index (χ3v) is 5.39. The number of nitrogens with one attached hydrogen (secondary N) is 3. The van der Waals surface area contributed by atoms with E-state index in [0.29, 0.717) is 5.75 Å². The van der Waals surface area contributed by atoms with Gasteiger partial charge in [0.1, 0.15) is 18.1 Å². The lowest BCUT2D eigenvalue weighted by atomic mass is 10.1. The summed E-state index contributed by atoms with van der Waals surface area (Å²) in [5, 5.41) is 25.2. The van der Waals surface area contributed by atoms with Gasteiger partial charge in [0.25, 0.3) is 0 Å². The van der Waals surface area contributed by atoms with Gasteiger partial charge in [0.2, 0.25) is 23.6 Å². The lowest BCUT2D eigenvalue weighted by Crippen LogP contribution is -2.57. The maximum absolute atomic E-state index is 12.8. The van der Waals surface area contributed by atoms with Crippen LogP contribution in [0.5, 0.6) is 0 Å². The predicted molar refractivity (Wildman–Crippen MR) is 124 cm³/mol. The first kappa shape index (κ1) is 30.5. The zero-order valence-electron chi connectivity index (χ0n) is 18.1. The smallest absolute Gasteiger partial charge is 0.326 e. The number of hydrogen-bond acceptors (Lipinski definition) is 9. The molecule has 33 heavy (non-hydrogen) atoms. The van der Waals surface area contributed by atoms with Gasteiger partial charge in [0.05, 0.1) is 6.04 Å². The van der Waals surface area contributed by atoms with E-state index >= 15 is 0 Å². The number of carboxylic acid groups (broad SMARTS) is 2. The van der Waals surface area contributed by atoms with Crippen molar-refractivity contribution >= 4 is 60.0 Å². The van der Waals surface area contributed by atoms with E-state index in [1.165, 1.54) is 11.8 Å². The maximum atomic E-state index is 12.8. The summed E-state index contributed by atoms with van der Waals surface area (Å²) in [7, 11) is 0. The monoisotopic (exact) mass is 509 g/mol. The molecule has 0 radical (unpaired) electrons. The van der Waals surface area contributed by atoms with Crippen molar-refractivity contribution in [1.29, 1.82) is 0 Å². The molecule has 0 fully saturated rings. The molecule has 0 aromatic rings. The van der Waals surface area contributed by atoms with Gasteiger partial charge in [-0.1, -0.05) is 0 Å². The first-order valence-corrected chi connectivity index (χ1v) is 11.9. The van der Waals surface area contributed by atoms with E-state index in [4.69, 9.17) is 16.6 Å². The van der Waals surface area contributed by atoms with E-state index < -0.39 is 66.2 Å². The predicted octanol–water partition coefficient (Wildman–Crippen LogP) is -2.33. The Morgan fingerprint density at radius 1 is 0.848 bits per heavy atom. The minimum Gasteiger partial charge on any atom is -0.481 e. The Balaban J connectivity index is 5.54. The third-order valence-electron chi connectivity index (χ3n) is 4.35. The third kappa shape index (κ3) is 12.9. The van der Waals surface area contributed by atoms with Crippen LogP contribution in [0.25, 0.3) is 0 Å². The zero-order chi connectivity index (χ0) is 25.6. The van der Waals surface area contributed by atoms with Gasteiger partial charge in [0, 0.05) is 18.6 Å². The Bertz CT molecular complexity index is 724. The molecule has 0 rings (SSSR count). The number of carboxylic acids is 2. The molecule has 4 atom stereocenters. The molecule has 188 valence electrons. The van der Waals surface area contributed by atoms with Crippen LogP contribution in [0, 0.1) is 0 Å². The molecule has 0 aromatic carbocycles. The molecule has 0 heterocycles. The lowest BCUT2D eigenvalue weighted by Gasteiger charge is -2.24. The molecular formula is C18H31N5O8S2. The normalized spacial score (nSPS) is 14.3. The zero-order valence-corrected chi connectivity index (χ0v) is 19.8. The Morgan fingerprint density at radius 3 is 1.76 bits per heavy atom. The molecule has 0 aliphatic heterocycles. The van der Waals surface area contributed by atoms with Crippen LogP contribution >= 0.6 is 24.4 Å². The second-order valence-electron chi connectivity index (χ2n) is 7.03. The van der Waals surface area contributed by atoms with Gasteiger partial charge in [-0.2, -0.15) is 24.4 Å². The number of nitrogens with two attached hydrogens (primary N) is 2. The van der Waals surface area contributed by atoms with Crippen molar-refractivity contribution < 1.29 is 39.0 Å². The summed E-state index contributed by atoms with van der Waals surface area (Å²) >= 11 is 5.27. The topological polar surface area (TPSA) is 231 Å².